The third-order valence-electron chi connectivity index (χ3n) is 6.87. The van der Waals surface area contributed by atoms with Crippen LogP contribution in [0.3, 0.4) is 0 Å². The number of hydrogen-bond acceptors (Lipinski definition) is 1. The van der Waals surface area contributed by atoms with Crippen LogP contribution in [-0.4, -0.2) is 6.54 Å². The lowest BCUT2D eigenvalue weighted by Crippen LogP contribution is -2.24. The second kappa shape index (κ2) is 15.3. The molecule has 0 aliphatic heterocycles. The molecule has 1 nitrogen and oxygen atoms in total. The van der Waals surface area contributed by atoms with Gasteiger partial charge in [-0.25, -0.2) is 0 Å². The van der Waals surface area contributed by atoms with Crippen molar-refractivity contribution in [2.24, 2.45) is 35.3 Å². The van der Waals surface area contributed by atoms with Crippen molar-refractivity contribution in [3.8, 4) is 0 Å². The smallest absolute Gasteiger partial charge is 0.0114 e. The first-order chi connectivity index (χ1) is 15.5. The van der Waals surface area contributed by atoms with Gasteiger partial charge in [0.1, 0.15) is 0 Å². The molecule has 32 heavy (non-hydrogen) atoms. The summed E-state index contributed by atoms with van der Waals surface area (Å²) in [6.07, 6.45) is 14.0. The van der Waals surface area contributed by atoms with Crippen LogP contribution in [0.4, 0.5) is 0 Å². The normalized spacial score (nSPS) is 25.8. The molecule has 180 valence electrons. The summed E-state index contributed by atoms with van der Waals surface area (Å²) in [7, 11) is 0. The molecule has 1 heteroatoms. The molecule has 1 saturated carbocycles. The monoisotopic (exact) mass is 437 g/mol. The van der Waals surface area contributed by atoms with Gasteiger partial charge < -0.3 is 5.73 Å². The predicted molar refractivity (Wildman–Crippen MR) is 146 cm³/mol. The maximum absolute atomic E-state index is 6.00. The summed E-state index contributed by atoms with van der Waals surface area (Å²) in [4.78, 5) is 0. The zero-order valence-electron chi connectivity index (χ0n) is 22.0. The molecule has 0 radical (unpaired) electrons. The molecule has 5 atom stereocenters. The van der Waals surface area contributed by atoms with Crippen molar-refractivity contribution in [2.75, 3.05) is 6.54 Å². The third-order valence-corrected chi connectivity index (χ3v) is 6.87. The van der Waals surface area contributed by atoms with E-state index in [1.165, 1.54) is 60.8 Å². The van der Waals surface area contributed by atoms with Crippen molar-refractivity contribution < 1.29 is 0 Å². The fourth-order valence-corrected chi connectivity index (χ4v) is 5.49. The van der Waals surface area contributed by atoms with Crippen molar-refractivity contribution in [3.63, 3.8) is 0 Å². The van der Waals surface area contributed by atoms with Crippen molar-refractivity contribution >= 4 is 5.57 Å². The summed E-state index contributed by atoms with van der Waals surface area (Å²) >= 11 is 0. The summed E-state index contributed by atoms with van der Waals surface area (Å²) in [6.45, 7) is 22.6. The molecule has 3 rings (SSSR count). The summed E-state index contributed by atoms with van der Waals surface area (Å²) < 4.78 is 0. The minimum atomic E-state index is 0.362. The Morgan fingerprint density at radius 1 is 1.06 bits per heavy atom. The van der Waals surface area contributed by atoms with Gasteiger partial charge in [-0.2, -0.15) is 0 Å². The summed E-state index contributed by atoms with van der Waals surface area (Å²) in [5.41, 5.74) is 11.2. The second-order valence-corrected chi connectivity index (χ2v) is 9.46. The van der Waals surface area contributed by atoms with Crippen LogP contribution in [-0.2, 0) is 0 Å². The van der Waals surface area contributed by atoms with Gasteiger partial charge in [0.05, 0.1) is 0 Å². The molecule has 2 aliphatic rings. The van der Waals surface area contributed by atoms with E-state index in [4.69, 9.17) is 5.73 Å². The van der Waals surface area contributed by atoms with Gasteiger partial charge in [-0.1, -0.05) is 121 Å². The Morgan fingerprint density at radius 2 is 1.75 bits per heavy atom. The highest BCUT2D eigenvalue weighted by atomic mass is 14.6. The van der Waals surface area contributed by atoms with Crippen molar-refractivity contribution in [1.29, 1.82) is 0 Å². The summed E-state index contributed by atoms with van der Waals surface area (Å²) in [5, 5.41) is 0. The van der Waals surface area contributed by atoms with E-state index in [1.54, 1.807) is 0 Å². The highest BCUT2D eigenvalue weighted by molar-refractivity contribution is 5.70. The first kappa shape index (κ1) is 28.4. The molecule has 1 aromatic carbocycles. The van der Waals surface area contributed by atoms with E-state index in [9.17, 15) is 0 Å². The van der Waals surface area contributed by atoms with E-state index < -0.39 is 0 Å². The van der Waals surface area contributed by atoms with Gasteiger partial charge in [-0.3, -0.25) is 0 Å². The fourth-order valence-electron chi connectivity index (χ4n) is 5.49. The zero-order valence-corrected chi connectivity index (χ0v) is 22.0. The van der Waals surface area contributed by atoms with E-state index >= 15 is 0 Å². The summed E-state index contributed by atoms with van der Waals surface area (Å²) in [5.74, 6) is 2.87. The van der Waals surface area contributed by atoms with Gasteiger partial charge in [0.15, 0.2) is 0 Å². The van der Waals surface area contributed by atoms with Crippen molar-refractivity contribution in [3.05, 3.63) is 66.3 Å². The van der Waals surface area contributed by atoms with Gasteiger partial charge in [0.25, 0.3) is 0 Å². The quantitative estimate of drug-likeness (QED) is 0.318. The Bertz CT molecular complexity index is 713. The van der Waals surface area contributed by atoms with Gasteiger partial charge in [0.2, 0.25) is 0 Å². The van der Waals surface area contributed by atoms with E-state index in [0.29, 0.717) is 23.7 Å². The molecule has 0 aromatic heterocycles. The number of fused-ring (bicyclic) bond motifs is 1. The van der Waals surface area contributed by atoms with Gasteiger partial charge in [-0.15, -0.1) is 0 Å². The van der Waals surface area contributed by atoms with Gasteiger partial charge in [-0.05, 0) is 67.5 Å². The maximum atomic E-state index is 6.00. The Balaban J connectivity index is 0.000000944. The average Bonchev–Trinajstić information content (AvgIpc) is 3.06. The van der Waals surface area contributed by atoms with E-state index in [0.717, 1.165) is 18.9 Å². The number of hydrogen-bond donors (Lipinski definition) is 1. The third kappa shape index (κ3) is 7.48. The molecule has 0 amide bonds. The Labute approximate surface area is 200 Å². The minimum Gasteiger partial charge on any atom is -0.330 e. The minimum absolute atomic E-state index is 0.362. The molecule has 1 aromatic rings. The van der Waals surface area contributed by atoms with Gasteiger partial charge in [0, 0.05) is 5.92 Å². The number of benzene rings is 1. The van der Waals surface area contributed by atoms with Crippen LogP contribution in [0.25, 0.3) is 5.57 Å². The number of allylic oxidation sites excluding steroid dienone is 4. The molecule has 1 fully saturated rings. The number of rotatable bonds is 8. The molecule has 0 bridgehead atoms. The largest absolute Gasteiger partial charge is 0.330 e. The molecule has 2 aliphatic carbocycles. The molecule has 0 spiro atoms. The van der Waals surface area contributed by atoms with Crippen molar-refractivity contribution in [1.82, 2.24) is 0 Å². The van der Waals surface area contributed by atoms with Crippen LogP contribution < -0.4 is 5.73 Å². The highest BCUT2D eigenvalue weighted by Gasteiger charge is 2.47. The van der Waals surface area contributed by atoms with Crippen LogP contribution in [0.15, 0.2) is 55.1 Å². The Kier molecular flexibility index (Phi) is 13.6. The van der Waals surface area contributed by atoms with Crippen LogP contribution in [0.5, 0.6) is 0 Å². The molecule has 0 heterocycles. The molecular weight excluding hydrogens is 386 g/mol. The molecule has 4 unspecified atom stereocenters. The average molecular weight is 438 g/mol. The van der Waals surface area contributed by atoms with Crippen LogP contribution in [0.2, 0.25) is 0 Å². The topological polar surface area (TPSA) is 26.0 Å². The Hall–Kier alpha value is -1.60. The second-order valence-electron chi connectivity index (χ2n) is 9.46. The van der Waals surface area contributed by atoms with E-state index in [1.807, 2.05) is 13.8 Å². The Morgan fingerprint density at radius 3 is 2.34 bits per heavy atom. The first-order valence-corrected chi connectivity index (χ1v) is 13.3. The molecular formula is C31H51N. The lowest BCUT2D eigenvalue weighted by molar-refractivity contribution is 0.263. The zero-order chi connectivity index (χ0) is 24.1. The van der Waals surface area contributed by atoms with Crippen LogP contribution in [0.1, 0.15) is 90.7 Å². The first-order valence-electron chi connectivity index (χ1n) is 13.3. The van der Waals surface area contributed by atoms with Crippen LogP contribution >= 0.6 is 0 Å². The fraction of sp³-hybridized carbons (Fsp3) is 0.613. The predicted octanol–water partition coefficient (Wildman–Crippen LogP) is 8.99. The number of aryl methyl sites for hydroxylation is 1. The maximum Gasteiger partial charge on any atom is 0.0114 e. The standard InChI is InChI=1S/C26H37N.C3H8.C2H6/c1-5-6-7-10-21-12-13-24-25(17-21)23(14-15-27)20(4)26(24)19(3)22-11-8-9-18(2)16-22;1-3-2;1-2/h8-9,11-13,16,21,23-26H,3-7,10,14-15,17,27H2,1-2H3;3H2,1-2H3;1-2H3/t21?,23?,24-,25?,26?;;/m0../s1. The van der Waals surface area contributed by atoms with Crippen molar-refractivity contribution in [2.45, 2.75) is 86.5 Å². The van der Waals surface area contributed by atoms with E-state index in [-0.39, 0.29) is 0 Å². The molecule has 2 N–H and O–H groups in total. The summed E-state index contributed by atoms with van der Waals surface area (Å²) in [6, 6.07) is 8.76. The lowest BCUT2D eigenvalue weighted by Gasteiger charge is -2.32. The lowest BCUT2D eigenvalue weighted by atomic mass is 9.73. The SMILES string of the molecule is C=C(c1cccc(C)c1)C1C(=C)C(CCN)C2CC(CCCCC)C=C[C@H]12.CC.CCC. The van der Waals surface area contributed by atoms with E-state index in [2.05, 4.69) is 77.3 Å². The molecule has 0 saturated heterocycles. The van der Waals surface area contributed by atoms with Crippen LogP contribution in [0, 0.1) is 36.5 Å². The number of unbranched alkanes of at least 4 members (excludes halogenated alkanes) is 2. The van der Waals surface area contributed by atoms with Gasteiger partial charge >= 0.3 is 0 Å². The number of nitrogens with two attached hydrogens (primary N) is 1. The highest BCUT2D eigenvalue weighted by Crippen LogP contribution is 2.55.